The molecule has 4 unspecified atom stereocenters. The summed E-state index contributed by atoms with van der Waals surface area (Å²) < 4.78 is 0. The fraction of sp³-hybridized carbons (Fsp3) is 0.933. The minimum atomic E-state index is 0.283. The molecule has 0 amide bonds. The Morgan fingerprint density at radius 1 is 1.06 bits per heavy atom. The second-order valence-electron chi connectivity index (χ2n) is 6.18. The zero-order valence-corrected chi connectivity index (χ0v) is 11.4. The van der Waals surface area contributed by atoms with Crippen LogP contribution in [0.15, 0.2) is 0 Å². The summed E-state index contributed by atoms with van der Waals surface area (Å²) in [4.78, 5) is 2.56. The molecule has 0 N–H and O–H groups in total. The Morgan fingerprint density at radius 2 is 1.82 bits per heavy atom. The largest absolute Gasteiger partial charge is 0.299 e. The van der Waals surface area contributed by atoms with Gasteiger partial charge in [-0.2, -0.15) is 5.26 Å². The molecule has 2 aliphatic carbocycles. The van der Waals surface area contributed by atoms with Gasteiger partial charge in [-0.05, 0) is 38.6 Å². The van der Waals surface area contributed by atoms with E-state index >= 15 is 0 Å². The highest BCUT2D eigenvalue weighted by atomic mass is 15.2. The minimum Gasteiger partial charge on any atom is -0.299 e. The van der Waals surface area contributed by atoms with E-state index in [1.807, 2.05) is 0 Å². The van der Waals surface area contributed by atoms with Gasteiger partial charge in [0.25, 0.3) is 0 Å². The molecule has 0 aliphatic heterocycles. The van der Waals surface area contributed by atoms with Crippen LogP contribution in [0.5, 0.6) is 0 Å². The average Bonchev–Trinajstić information content (AvgIpc) is 2.38. The van der Waals surface area contributed by atoms with E-state index in [0.717, 1.165) is 18.4 Å². The van der Waals surface area contributed by atoms with Crippen LogP contribution in [0.2, 0.25) is 0 Å². The Labute approximate surface area is 106 Å². The van der Waals surface area contributed by atoms with Crippen LogP contribution in [0.4, 0.5) is 0 Å². The van der Waals surface area contributed by atoms with E-state index in [-0.39, 0.29) is 5.92 Å². The summed E-state index contributed by atoms with van der Waals surface area (Å²) in [6, 6.07) is 3.81. The lowest BCUT2D eigenvalue weighted by atomic mass is 9.81. The molecule has 0 heterocycles. The van der Waals surface area contributed by atoms with Gasteiger partial charge >= 0.3 is 0 Å². The standard InChI is InChI=1S/C15H26N2/c1-12-6-5-8-14(10-12)17(2)15-9-4-3-7-13(15)11-16/h12-15H,3-10H2,1-2H3. The Kier molecular flexibility index (Phi) is 4.45. The van der Waals surface area contributed by atoms with E-state index in [2.05, 4.69) is 24.9 Å². The molecule has 0 radical (unpaired) electrons. The molecule has 0 bridgehead atoms. The molecule has 0 saturated heterocycles. The molecule has 2 heteroatoms. The lowest BCUT2D eigenvalue weighted by Gasteiger charge is -2.42. The van der Waals surface area contributed by atoms with Crippen molar-refractivity contribution in [3.63, 3.8) is 0 Å². The first kappa shape index (κ1) is 12.9. The quantitative estimate of drug-likeness (QED) is 0.730. The third kappa shape index (κ3) is 3.01. The van der Waals surface area contributed by atoms with Crippen LogP contribution in [-0.2, 0) is 0 Å². The van der Waals surface area contributed by atoms with Gasteiger partial charge in [-0.3, -0.25) is 4.90 Å². The number of rotatable bonds is 2. The van der Waals surface area contributed by atoms with Crippen LogP contribution in [0.1, 0.15) is 58.3 Å². The van der Waals surface area contributed by atoms with Crippen molar-refractivity contribution in [3.05, 3.63) is 0 Å². The third-order valence-corrected chi connectivity index (χ3v) is 4.90. The van der Waals surface area contributed by atoms with Gasteiger partial charge in [0.15, 0.2) is 0 Å². The lowest BCUT2D eigenvalue weighted by Crippen LogP contribution is -2.46. The molecular formula is C15H26N2. The van der Waals surface area contributed by atoms with Crippen molar-refractivity contribution in [2.75, 3.05) is 7.05 Å². The van der Waals surface area contributed by atoms with Gasteiger partial charge in [0, 0.05) is 12.1 Å². The lowest BCUT2D eigenvalue weighted by molar-refractivity contribution is 0.0768. The monoisotopic (exact) mass is 234 g/mol. The fourth-order valence-corrected chi connectivity index (χ4v) is 3.79. The topological polar surface area (TPSA) is 27.0 Å². The summed E-state index contributed by atoms with van der Waals surface area (Å²) in [6.45, 7) is 2.38. The maximum absolute atomic E-state index is 9.28. The summed E-state index contributed by atoms with van der Waals surface area (Å²) in [5.74, 6) is 1.16. The van der Waals surface area contributed by atoms with Crippen molar-refractivity contribution in [2.45, 2.75) is 70.4 Å². The summed E-state index contributed by atoms with van der Waals surface area (Å²) in [7, 11) is 2.27. The van der Waals surface area contributed by atoms with E-state index in [4.69, 9.17) is 0 Å². The van der Waals surface area contributed by atoms with Gasteiger partial charge in [0.2, 0.25) is 0 Å². The molecule has 0 aromatic rings. The first-order valence-corrected chi connectivity index (χ1v) is 7.34. The summed E-state index contributed by atoms with van der Waals surface area (Å²) in [5, 5.41) is 9.28. The Morgan fingerprint density at radius 3 is 2.53 bits per heavy atom. The predicted molar refractivity (Wildman–Crippen MR) is 70.5 cm³/mol. The number of nitrogens with zero attached hydrogens (tertiary/aromatic N) is 2. The molecule has 0 aromatic heterocycles. The SMILES string of the molecule is CC1CCCC(N(C)C2CCCCC2C#N)C1. The second-order valence-corrected chi connectivity index (χ2v) is 6.18. The molecule has 2 saturated carbocycles. The third-order valence-electron chi connectivity index (χ3n) is 4.90. The van der Waals surface area contributed by atoms with E-state index in [1.54, 1.807) is 0 Å². The van der Waals surface area contributed by atoms with Gasteiger partial charge in [0.1, 0.15) is 0 Å². The van der Waals surface area contributed by atoms with E-state index in [9.17, 15) is 5.26 Å². The van der Waals surface area contributed by atoms with Crippen molar-refractivity contribution in [1.82, 2.24) is 4.90 Å². The summed E-state index contributed by atoms with van der Waals surface area (Å²) in [5.41, 5.74) is 0. The molecule has 96 valence electrons. The highest BCUT2D eigenvalue weighted by Crippen LogP contribution is 2.33. The Hall–Kier alpha value is -0.550. The number of hydrogen-bond acceptors (Lipinski definition) is 2. The van der Waals surface area contributed by atoms with Gasteiger partial charge < -0.3 is 0 Å². The van der Waals surface area contributed by atoms with Crippen LogP contribution < -0.4 is 0 Å². The molecule has 17 heavy (non-hydrogen) atoms. The molecule has 2 rings (SSSR count). The smallest absolute Gasteiger partial charge is 0.0672 e. The van der Waals surface area contributed by atoms with Crippen molar-refractivity contribution >= 4 is 0 Å². The maximum Gasteiger partial charge on any atom is 0.0672 e. The van der Waals surface area contributed by atoms with E-state index < -0.39 is 0 Å². The van der Waals surface area contributed by atoms with Crippen LogP contribution >= 0.6 is 0 Å². The zero-order chi connectivity index (χ0) is 12.3. The first-order chi connectivity index (χ1) is 8.22. The fourth-order valence-electron chi connectivity index (χ4n) is 3.79. The summed E-state index contributed by atoms with van der Waals surface area (Å²) >= 11 is 0. The highest BCUT2D eigenvalue weighted by Gasteiger charge is 2.33. The molecule has 2 aliphatic rings. The van der Waals surface area contributed by atoms with Crippen molar-refractivity contribution < 1.29 is 0 Å². The number of hydrogen-bond donors (Lipinski definition) is 0. The van der Waals surface area contributed by atoms with Crippen LogP contribution in [0.25, 0.3) is 0 Å². The molecule has 0 aromatic carbocycles. The van der Waals surface area contributed by atoms with E-state index in [1.165, 1.54) is 44.9 Å². The highest BCUT2D eigenvalue weighted by molar-refractivity contribution is 4.96. The Bertz CT molecular complexity index is 281. The Balaban J connectivity index is 1.97. The summed E-state index contributed by atoms with van der Waals surface area (Å²) in [6.07, 6.45) is 10.4. The van der Waals surface area contributed by atoms with Gasteiger partial charge in [0.05, 0.1) is 12.0 Å². The average molecular weight is 234 g/mol. The van der Waals surface area contributed by atoms with E-state index in [0.29, 0.717) is 6.04 Å². The minimum absolute atomic E-state index is 0.283. The molecule has 2 nitrogen and oxygen atoms in total. The number of nitriles is 1. The van der Waals surface area contributed by atoms with Gasteiger partial charge in [-0.15, -0.1) is 0 Å². The van der Waals surface area contributed by atoms with Gasteiger partial charge in [-0.25, -0.2) is 0 Å². The first-order valence-electron chi connectivity index (χ1n) is 7.34. The van der Waals surface area contributed by atoms with Crippen LogP contribution in [-0.4, -0.2) is 24.0 Å². The van der Waals surface area contributed by atoms with Gasteiger partial charge in [-0.1, -0.05) is 32.6 Å². The van der Waals surface area contributed by atoms with Crippen molar-refractivity contribution in [3.8, 4) is 6.07 Å². The normalized spacial score (nSPS) is 38.9. The maximum atomic E-state index is 9.28. The predicted octanol–water partition coefficient (Wildman–Crippen LogP) is 3.58. The zero-order valence-electron chi connectivity index (χ0n) is 11.4. The second kappa shape index (κ2) is 5.87. The van der Waals surface area contributed by atoms with Crippen LogP contribution in [0, 0.1) is 23.2 Å². The molecule has 0 spiro atoms. The molecular weight excluding hydrogens is 208 g/mol. The molecule has 4 atom stereocenters. The van der Waals surface area contributed by atoms with Crippen molar-refractivity contribution in [1.29, 1.82) is 5.26 Å². The van der Waals surface area contributed by atoms with Crippen LogP contribution in [0.3, 0.4) is 0 Å². The molecule has 2 fully saturated rings. The van der Waals surface area contributed by atoms with Crippen molar-refractivity contribution in [2.24, 2.45) is 11.8 Å².